The summed E-state index contributed by atoms with van der Waals surface area (Å²) in [6.07, 6.45) is 0. The second-order valence-corrected chi connectivity index (χ2v) is 15.2. The van der Waals surface area contributed by atoms with Crippen molar-refractivity contribution < 1.29 is 14.4 Å². The van der Waals surface area contributed by atoms with E-state index in [1.54, 1.807) is 0 Å². The summed E-state index contributed by atoms with van der Waals surface area (Å²) >= 11 is 0. The van der Waals surface area contributed by atoms with Crippen LogP contribution in [0.4, 0.5) is 0 Å². The Morgan fingerprint density at radius 3 is 1.00 bits per heavy atom. The van der Waals surface area contributed by atoms with Crippen molar-refractivity contribution in [3.63, 3.8) is 0 Å². The minimum atomic E-state index is -4.72. The van der Waals surface area contributed by atoms with Gasteiger partial charge in [0.25, 0.3) is 0 Å². The fourth-order valence-electron chi connectivity index (χ4n) is 4.87. The molecule has 0 aliphatic rings. The van der Waals surface area contributed by atoms with E-state index >= 15 is 0 Å². The maximum atomic E-state index is 13.8. The quantitative estimate of drug-likeness (QED) is 0.242. The van der Waals surface area contributed by atoms with Crippen LogP contribution in [0.1, 0.15) is 0 Å². The fourth-order valence-corrected chi connectivity index (χ4v) is 11.7. The normalized spacial score (nSPS) is 12.9. The molecule has 0 aliphatic heterocycles. The minimum absolute atomic E-state index is 0.648. The molecule has 0 aliphatic carbocycles. The number of benzene rings is 6. The third-order valence-corrected chi connectivity index (χ3v) is 14.1. The van der Waals surface area contributed by atoms with Gasteiger partial charge in [0.1, 0.15) is 0 Å². The van der Waals surface area contributed by atoms with Crippen LogP contribution in [0, 0.1) is 0 Å². The van der Waals surface area contributed by atoms with Crippen molar-refractivity contribution in [2.75, 3.05) is 0 Å². The molecule has 0 saturated heterocycles. The van der Waals surface area contributed by atoms with Crippen LogP contribution in [0.25, 0.3) is 32.3 Å². The van der Waals surface area contributed by atoms with Crippen molar-refractivity contribution >= 4 is 48.8 Å². The molecule has 3 nitrogen and oxygen atoms in total. The highest BCUT2D eigenvalue weighted by atomic mass is 32.8. The highest BCUT2D eigenvalue weighted by Gasteiger charge is 2.46. The van der Waals surface area contributed by atoms with E-state index in [4.69, 9.17) is 0 Å². The van der Waals surface area contributed by atoms with Gasteiger partial charge in [-0.25, -0.2) is 4.57 Å². The number of hydrogen-bond acceptors (Lipinski definition) is 1. The summed E-state index contributed by atoms with van der Waals surface area (Å²) in [7, 11) is -2.96. The largest absolute Gasteiger partial charge is 0.378 e. The highest BCUT2D eigenvalue weighted by molar-refractivity contribution is 8.76. The van der Waals surface area contributed by atoms with Gasteiger partial charge in [0.2, 0.25) is 0 Å². The molecule has 0 bridgehead atoms. The summed E-state index contributed by atoms with van der Waals surface area (Å²) < 4.78 is 13.8. The molecule has 0 aromatic heterocycles. The smallest absolute Gasteiger partial charge is 0.317 e. The van der Waals surface area contributed by atoms with Gasteiger partial charge in [-0.05, 0) is 68.7 Å². The molecule has 0 radical (unpaired) electrons. The Morgan fingerprint density at radius 2 is 0.714 bits per heavy atom. The first-order chi connectivity index (χ1) is 17.0. The first kappa shape index (κ1) is 22.1. The summed E-state index contributed by atoms with van der Waals surface area (Å²) in [6.45, 7) is -4.72. The number of hydrogen-bond donors (Lipinski definition) is 2. The Labute approximate surface area is 204 Å². The molecule has 6 aromatic rings. The van der Waals surface area contributed by atoms with E-state index in [0.29, 0.717) is 14.7 Å². The van der Waals surface area contributed by atoms with E-state index < -0.39 is 16.4 Å². The summed E-state index contributed by atoms with van der Waals surface area (Å²) in [5, 5.41) is 5.97. The number of fused-ring (bicyclic) bond motifs is 3. The second-order valence-electron chi connectivity index (χ2n) is 8.60. The van der Waals surface area contributed by atoms with Crippen LogP contribution < -0.4 is 0 Å². The molecule has 6 rings (SSSR count). The molecule has 0 unspecified atom stereocenters. The van der Waals surface area contributed by atoms with Gasteiger partial charge in [0, 0.05) is 14.7 Å². The van der Waals surface area contributed by atoms with Gasteiger partial charge in [-0.2, -0.15) is 0 Å². The first-order valence-electron chi connectivity index (χ1n) is 11.3. The summed E-state index contributed by atoms with van der Waals surface area (Å²) in [5.74, 6) is 0. The van der Waals surface area contributed by atoms with Crippen LogP contribution in [0.3, 0.4) is 0 Å². The lowest BCUT2D eigenvalue weighted by Crippen LogP contribution is -2.05. The SMILES string of the molecule is O=P(O)(O)S(c1ccc2ccccc2c1)(c1ccc2ccccc2c1)c1ccc2ccccc2c1. The third-order valence-electron chi connectivity index (χ3n) is 6.54. The summed E-state index contributed by atoms with van der Waals surface area (Å²) in [4.78, 5) is 24.4. The zero-order valence-corrected chi connectivity index (χ0v) is 20.5. The average Bonchev–Trinajstić information content (AvgIpc) is 2.88. The lowest BCUT2D eigenvalue weighted by atomic mass is 10.1. The first-order valence-corrected chi connectivity index (χ1v) is 15.2. The molecule has 0 fully saturated rings. The lowest BCUT2D eigenvalue weighted by Gasteiger charge is -2.41. The highest BCUT2D eigenvalue weighted by Crippen LogP contribution is 2.89. The van der Waals surface area contributed by atoms with Crippen molar-refractivity contribution in [3.05, 3.63) is 127 Å². The van der Waals surface area contributed by atoms with Crippen LogP contribution >= 0.6 is 16.4 Å². The van der Waals surface area contributed by atoms with E-state index in [1.165, 1.54) is 0 Å². The topological polar surface area (TPSA) is 57.5 Å². The molecular weight excluding hydrogens is 471 g/mol. The molecule has 2 N–H and O–H groups in total. The van der Waals surface area contributed by atoms with Crippen LogP contribution in [0.5, 0.6) is 0 Å². The van der Waals surface area contributed by atoms with Crippen molar-refractivity contribution in [3.8, 4) is 0 Å². The Bertz CT molecular complexity index is 1580. The standard InChI is InChI=1S/C30H23O3PS/c31-34(32,33)35(28-16-13-22-7-1-4-10-25(22)19-28,29-17-14-23-8-2-5-11-26(23)20-29)30-18-15-24-9-3-6-12-27(24)21-30/h1-21H,(H2,31,32,33). The van der Waals surface area contributed by atoms with Crippen molar-refractivity contribution in [1.82, 2.24) is 0 Å². The Morgan fingerprint density at radius 1 is 0.429 bits per heavy atom. The Kier molecular flexibility index (Phi) is 5.28. The second kappa shape index (κ2) is 8.37. The van der Waals surface area contributed by atoms with E-state index in [9.17, 15) is 14.4 Å². The van der Waals surface area contributed by atoms with Crippen LogP contribution in [-0.4, -0.2) is 9.79 Å². The molecule has 172 valence electrons. The molecule has 5 heteroatoms. The van der Waals surface area contributed by atoms with Crippen molar-refractivity contribution in [2.24, 2.45) is 0 Å². The third kappa shape index (κ3) is 3.58. The van der Waals surface area contributed by atoms with Gasteiger partial charge in [0.05, 0.1) is 0 Å². The molecule has 0 saturated carbocycles. The maximum absolute atomic E-state index is 13.8. The monoisotopic (exact) mass is 494 g/mol. The van der Waals surface area contributed by atoms with Gasteiger partial charge < -0.3 is 9.79 Å². The molecule has 0 heterocycles. The predicted octanol–water partition coefficient (Wildman–Crippen LogP) is 8.52. The molecule has 0 spiro atoms. The van der Waals surface area contributed by atoms with Gasteiger partial charge >= 0.3 is 6.80 Å². The fraction of sp³-hybridized carbons (Fsp3) is 0. The van der Waals surface area contributed by atoms with Gasteiger partial charge in [-0.3, -0.25) is 0 Å². The van der Waals surface area contributed by atoms with Crippen molar-refractivity contribution in [1.29, 1.82) is 0 Å². The Hall–Kier alpha value is -3.40. The molecule has 6 aromatic carbocycles. The van der Waals surface area contributed by atoms with Crippen LogP contribution in [0.15, 0.2) is 142 Å². The van der Waals surface area contributed by atoms with Crippen LogP contribution in [0.2, 0.25) is 0 Å². The zero-order chi connectivity index (χ0) is 24.0. The molecular formula is C30H23O3PS. The van der Waals surface area contributed by atoms with Crippen LogP contribution in [-0.2, 0) is 4.57 Å². The Balaban J connectivity index is 1.75. The van der Waals surface area contributed by atoms with Gasteiger partial charge in [-0.15, -0.1) is 0 Å². The van der Waals surface area contributed by atoms with Gasteiger partial charge in [-0.1, -0.05) is 101 Å². The molecule has 0 amide bonds. The van der Waals surface area contributed by atoms with E-state index in [1.807, 2.05) is 127 Å². The predicted molar refractivity (Wildman–Crippen MR) is 146 cm³/mol. The lowest BCUT2D eigenvalue weighted by molar-refractivity contribution is 0.395. The molecule has 0 atom stereocenters. The van der Waals surface area contributed by atoms with E-state index in [2.05, 4.69) is 0 Å². The average molecular weight is 495 g/mol. The summed E-state index contributed by atoms with van der Waals surface area (Å²) in [6, 6.07) is 41.2. The zero-order valence-electron chi connectivity index (χ0n) is 18.8. The molecule has 35 heavy (non-hydrogen) atoms. The maximum Gasteiger partial charge on any atom is 0.378 e. The van der Waals surface area contributed by atoms with Crippen molar-refractivity contribution in [2.45, 2.75) is 14.7 Å². The van der Waals surface area contributed by atoms with E-state index in [0.717, 1.165) is 32.3 Å². The minimum Gasteiger partial charge on any atom is -0.317 e. The summed E-state index contributed by atoms with van der Waals surface area (Å²) in [5.41, 5.74) is 0. The number of rotatable bonds is 4. The van der Waals surface area contributed by atoms with E-state index in [-0.39, 0.29) is 0 Å². The van der Waals surface area contributed by atoms with Gasteiger partial charge in [0.15, 0.2) is 0 Å².